The van der Waals surface area contributed by atoms with E-state index in [2.05, 4.69) is 25.5 Å². The normalized spacial score (nSPS) is 17.4. The van der Waals surface area contributed by atoms with Crippen LogP contribution in [0.15, 0.2) is 19.2 Å². The van der Waals surface area contributed by atoms with Gasteiger partial charge in [0.2, 0.25) is 0 Å². The van der Waals surface area contributed by atoms with Gasteiger partial charge in [-0.05, 0) is 6.92 Å². The number of H-pyrrole nitrogens is 2. The smallest absolute Gasteiger partial charge is 0.325 e. The van der Waals surface area contributed by atoms with Gasteiger partial charge in [0.15, 0.2) is 6.04 Å². The summed E-state index contributed by atoms with van der Waals surface area (Å²) in [5.41, 5.74) is 0.183. The fraction of sp³-hybridized carbons (Fsp3) is 0.500. The van der Waals surface area contributed by atoms with Crippen molar-refractivity contribution in [2.24, 2.45) is 0 Å². The van der Waals surface area contributed by atoms with Crippen LogP contribution in [0.1, 0.15) is 36.0 Å². The number of aromatic nitrogens is 4. The van der Waals surface area contributed by atoms with Gasteiger partial charge in [0.05, 0.1) is 6.54 Å². The Morgan fingerprint density at radius 2 is 2.18 bits per heavy atom. The molecule has 0 amide bonds. The Kier molecular flexibility index (Phi) is 5.43. The van der Waals surface area contributed by atoms with Crippen LogP contribution in [-0.4, -0.2) is 26.7 Å². The van der Waals surface area contributed by atoms with E-state index in [-0.39, 0.29) is 24.0 Å². The molecule has 3 rings (SSSR count). The SMILES string of the molecule is Cc1[nH]c(=O)[nH]c(=O)c1CSc1nnc([C@@H]2CCC[NH2+]2)o1.[Cl-]. The van der Waals surface area contributed by atoms with E-state index in [0.29, 0.717) is 28.1 Å². The van der Waals surface area contributed by atoms with Crippen LogP contribution in [0.2, 0.25) is 0 Å². The maximum Gasteiger partial charge on any atom is 0.325 e. The second-order valence-corrected chi connectivity index (χ2v) is 5.91. The molecule has 0 aromatic carbocycles. The van der Waals surface area contributed by atoms with Gasteiger partial charge in [0.1, 0.15) is 0 Å². The molecule has 1 saturated heterocycles. The van der Waals surface area contributed by atoms with Gasteiger partial charge in [-0.2, -0.15) is 0 Å². The van der Waals surface area contributed by atoms with E-state index in [1.54, 1.807) is 6.92 Å². The molecule has 22 heavy (non-hydrogen) atoms. The quantitative estimate of drug-likeness (QED) is 0.493. The van der Waals surface area contributed by atoms with Crippen molar-refractivity contribution in [3.63, 3.8) is 0 Å². The number of rotatable bonds is 4. The van der Waals surface area contributed by atoms with Crippen LogP contribution in [0.4, 0.5) is 0 Å². The molecular weight excluding hydrogens is 330 g/mol. The van der Waals surface area contributed by atoms with E-state index in [1.165, 1.54) is 11.8 Å². The van der Waals surface area contributed by atoms with Crippen molar-refractivity contribution >= 4 is 11.8 Å². The molecule has 8 nitrogen and oxygen atoms in total. The zero-order chi connectivity index (χ0) is 14.8. The second kappa shape index (κ2) is 7.12. The number of aromatic amines is 2. The summed E-state index contributed by atoms with van der Waals surface area (Å²) < 4.78 is 5.62. The highest BCUT2D eigenvalue weighted by atomic mass is 35.5. The molecule has 120 valence electrons. The molecular formula is C12H16ClN5O3S. The van der Waals surface area contributed by atoms with Crippen molar-refractivity contribution in [3.8, 4) is 0 Å². The lowest BCUT2D eigenvalue weighted by atomic mass is 10.2. The van der Waals surface area contributed by atoms with E-state index in [9.17, 15) is 9.59 Å². The molecule has 0 saturated carbocycles. The standard InChI is InChI=1S/C12H15N5O3S.ClH/c1-6-7(9(18)15-11(19)14-6)5-21-12-17-16-10(20-12)8-3-2-4-13-8;/h8,13H,2-5H2,1H3,(H2,14,15,18,19);1H/t8-;/m0./s1. The molecule has 1 fully saturated rings. The third-order valence-electron chi connectivity index (χ3n) is 3.50. The van der Waals surface area contributed by atoms with Crippen LogP contribution in [-0.2, 0) is 5.75 Å². The molecule has 1 aliphatic rings. The average molecular weight is 346 g/mol. The van der Waals surface area contributed by atoms with Crippen LogP contribution in [0, 0.1) is 6.92 Å². The van der Waals surface area contributed by atoms with Crippen molar-refractivity contribution in [2.45, 2.75) is 36.8 Å². The highest BCUT2D eigenvalue weighted by Crippen LogP contribution is 2.24. The average Bonchev–Trinajstić information content (AvgIpc) is 3.08. The number of nitrogens with zero attached hydrogens (tertiary/aromatic N) is 2. The van der Waals surface area contributed by atoms with Crippen molar-refractivity contribution in [1.82, 2.24) is 20.2 Å². The number of hydrogen-bond donors (Lipinski definition) is 3. The fourth-order valence-electron chi connectivity index (χ4n) is 2.36. The lowest BCUT2D eigenvalue weighted by Gasteiger charge is -2.01. The van der Waals surface area contributed by atoms with E-state index in [4.69, 9.17) is 4.42 Å². The maximum atomic E-state index is 11.7. The van der Waals surface area contributed by atoms with Crippen molar-refractivity contribution in [2.75, 3.05) is 6.54 Å². The number of halogens is 1. The summed E-state index contributed by atoms with van der Waals surface area (Å²) in [6.45, 7) is 2.78. The molecule has 0 radical (unpaired) electrons. The number of nitrogens with two attached hydrogens (primary N) is 1. The first kappa shape index (κ1) is 16.8. The van der Waals surface area contributed by atoms with Gasteiger partial charge < -0.3 is 27.1 Å². The summed E-state index contributed by atoms with van der Waals surface area (Å²) in [5.74, 6) is 1.01. The van der Waals surface area contributed by atoms with Gasteiger partial charge in [0, 0.05) is 29.9 Å². The van der Waals surface area contributed by atoms with Crippen LogP contribution in [0.25, 0.3) is 0 Å². The topological polar surface area (TPSA) is 121 Å². The van der Waals surface area contributed by atoms with Gasteiger partial charge in [0.25, 0.3) is 16.7 Å². The minimum Gasteiger partial charge on any atom is -1.00 e. The van der Waals surface area contributed by atoms with Crippen LogP contribution < -0.4 is 29.0 Å². The first-order chi connectivity index (χ1) is 10.1. The fourth-order valence-corrected chi connectivity index (χ4v) is 3.22. The number of hydrogen-bond acceptors (Lipinski definition) is 6. The van der Waals surface area contributed by atoms with Crippen molar-refractivity contribution < 1.29 is 22.1 Å². The number of aryl methyl sites for hydroxylation is 1. The third-order valence-corrected chi connectivity index (χ3v) is 4.35. The van der Waals surface area contributed by atoms with Gasteiger partial charge in [-0.15, -0.1) is 10.2 Å². The van der Waals surface area contributed by atoms with Crippen LogP contribution >= 0.6 is 11.8 Å². The maximum absolute atomic E-state index is 11.7. The van der Waals surface area contributed by atoms with Gasteiger partial charge >= 0.3 is 5.69 Å². The lowest BCUT2D eigenvalue weighted by molar-refractivity contribution is -0.678. The summed E-state index contributed by atoms with van der Waals surface area (Å²) in [5, 5.41) is 10.7. The highest BCUT2D eigenvalue weighted by molar-refractivity contribution is 7.98. The van der Waals surface area contributed by atoms with Gasteiger partial charge in [-0.25, -0.2) is 4.79 Å². The summed E-state index contributed by atoms with van der Waals surface area (Å²) in [7, 11) is 0. The Bertz CT molecular complexity index is 750. The summed E-state index contributed by atoms with van der Waals surface area (Å²) in [6, 6.07) is 0.255. The molecule has 1 atom stereocenters. The first-order valence-corrected chi connectivity index (χ1v) is 7.73. The molecule has 10 heteroatoms. The predicted molar refractivity (Wildman–Crippen MR) is 75.0 cm³/mol. The van der Waals surface area contributed by atoms with Crippen LogP contribution in [0.5, 0.6) is 0 Å². The van der Waals surface area contributed by atoms with Gasteiger partial charge in [-0.3, -0.25) is 9.78 Å². The molecule has 2 aromatic heterocycles. The summed E-state index contributed by atoms with van der Waals surface area (Å²) >= 11 is 1.29. The summed E-state index contributed by atoms with van der Waals surface area (Å²) in [6.07, 6.45) is 2.20. The molecule has 2 aromatic rings. The predicted octanol–water partition coefficient (Wildman–Crippen LogP) is -3.55. The third kappa shape index (κ3) is 3.60. The first-order valence-electron chi connectivity index (χ1n) is 6.75. The van der Waals surface area contributed by atoms with E-state index < -0.39 is 5.69 Å². The Hall–Kier alpha value is -1.58. The zero-order valence-corrected chi connectivity index (χ0v) is 13.5. The molecule has 3 heterocycles. The van der Waals surface area contributed by atoms with Crippen molar-refractivity contribution in [1.29, 1.82) is 0 Å². The van der Waals surface area contributed by atoms with E-state index >= 15 is 0 Å². The largest absolute Gasteiger partial charge is 1.00 e. The number of nitrogens with one attached hydrogen (secondary N) is 2. The molecule has 0 unspecified atom stereocenters. The lowest BCUT2D eigenvalue weighted by Crippen LogP contribution is -3.00. The highest BCUT2D eigenvalue weighted by Gasteiger charge is 2.26. The monoisotopic (exact) mass is 345 g/mol. The molecule has 0 spiro atoms. The van der Waals surface area contributed by atoms with Gasteiger partial charge in [-0.1, -0.05) is 11.8 Å². The van der Waals surface area contributed by atoms with Crippen molar-refractivity contribution in [3.05, 3.63) is 38.0 Å². The summed E-state index contributed by atoms with van der Waals surface area (Å²) in [4.78, 5) is 27.6. The molecule has 4 N–H and O–H groups in total. The number of thioether (sulfide) groups is 1. The van der Waals surface area contributed by atoms with E-state index in [1.807, 2.05) is 0 Å². The Labute approximate surface area is 135 Å². The second-order valence-electron chi connectivity index (χ2n) is 4.98. The Morgan fingerprint density at radius 3 is 2.86 bits per heavy atom. The zero-order valence-electron chi connectivity index (χ0n) is 11.9. The molecule has 0 bridgehead atoms. The number of quaternary nitrogens is 1. The van der Waals surface area contributed by atoms with Crippen LogP contribution in [0.3, 0.4) is 0 Å². The minimum atomic E-state index is -0.497. The minimum absolute atomic E-state index is 0. The molecule has 1 aliphatic heterocycles. The Balaban J connectivity index is 0.00000176. The van der Waals surface area contributed by atoms with E-state index in [0.717, 1.165) is 19.4 Å². The molecule has 0 aliphatic carbocycles. The Morgan fingerprint density at radius 1 is 1.36 bits per heavy atom.